The monoisotopic (exact) mass is 345 g/mol. The van der Waals surface area contributed by atoms with E-state index in [1.807, 2.05) is 13.8 Å². The van der Waals surface area contributed by atoms with E-state index >= 15 is 0 Å². The minimum absolute atomic E-state index is 0.132. The first-order chi connectivity index (χ1) is 12.0. The van der Waals surface area contributed by atoms with Crippen LogP contribution in [0.1, 0.15) is 48.7 Å². The highest BCUT2D eigenvalue weighted by Gasteiger charge is 2.24. The van der Waals surface area contributed by atoms with Gasteiger partial charge < -0.3 is 15.2 Å². The Morgan fingerprint density at radius 1 is 1.44 bits per heavy atom. The van der Waals surface area contributed by atoms with Crippen molar-refractivity contribution >= 4 is 18.0 Å². The third-order valence-electron chi connectivity index (χ3n) is 4.55. The van der Waals surface area contributed by atoms with Crippen molar-refractivity contribution < 1.29 is 9.59 Å². The van der Waals surface area contributed by atoms with Crippen LogP contribution in [0.25, 0.3) is 5.65 Å². The largest absolute Gasteiger partial charge is 0.352 e. The molecular weight excluding hydrogens is 322 g/mol. The van der Waals surface area contributed by atoms with Gasteiger partial charge in [0.2, 0.25) is 6.41 Å². The summed E-state index contributed by atoms with van der Waals surface area (Å²) in [6, 6.07) is 1.54. The summed E-state index contributed by atoms with van der Waals surface area (Å²) in [5.41, 5.74) is 1.32. The predicted octanol–water partition coefficient (Wildman–Crippen LogP) is 0.744. The van der Waals surface area contributed by atoms with Crippen LogP contribution in [0.4, 0.5) is 0 Å². The lowest BCUT2D eigenvalue weighted by Gasteiger charge is -2.29. The van der Waals surface area contributed by atoms with Crippen LogP contribution in [-0.2, 0) is 4.79 Å². The van der Waals surface area contributed by atoms with Crippen LogP contribution in [0.3, 0.4) is 0 Å². The minimum Gasteiger partial charge on any atom is -0.352 e. The zero-order chi connectivity index (χ0) is 18.0. The second-order valence-electron chi connectivity index (χ2n) is 6.90. The molecule has 8 heteroatoms. The van der Waals surface area contributed by atoms with Crippen LogP contribution in [0.5, 0.6) is 0 Å². The molecule has 25 heavy (non-hydrogen) atoms. The first kappa shape index (κ1) is 17.2. The van der Waals surface area contributed by atoms with Gasteiger partial charge >= 0.3 is 0 Å². The van der Waals surface area contributed by atoms with Crippen molar-refractivity contribution in [2.24, 2.45) is 5.92 Å². The number of hydrogen-bond donors (Lipinski definition) is 2. The topological polar surface area (TPSA) is 99.6 Å². The molecule has 0 aliphatic carbocycles. The molecule has 134 valence electrons. The number of amides is 2. The molecule has 0 bridgehead atoms. The van der Waals surface area contributed by atoms with Gasteiger partial charge in [0.25, 0.3) is 11.5 Å². The van der Waals surface area contributed by atoms with Gasteiger partial charge in [-0.2, -0.15) is 5.10 Å². The lowest BCUT2D eigenvalue weighted by atomic mass is 9.93. The molecular formula is C17H23N5O3. The fourth-order valence-corrected chi connectivity index (χ4v) is 3.16. The number of nitrogens with one attached hydrogen (secondary N) is 2. The number of nitrogens with zero attached hydrogens (tertiary/aromatic N) is 3. The van der Waals surface area contributed by atoms with Crippen LogP contribution in [-0.4, -0.2) is 51.4 Å². The number of fused-ring (bicyclic) bond motifs is 1. The van der Waals surface area contributed by atoms with Crippen LogP contribution in [0.2, 0.25) is 0 Å². The highest BCUT2D eigenvalue weighted by molar-refractivity contribution is 5.99. The Kier molecular flexibility index (Phi) is 4.87. The van der Waals surface area contributed by atoms with E-state index in [9.17, 15) is 14.4 Å². The Labute approximate surface area is 145 Å². The summed E-state index contributed by atoms with van der Waals surface area (Å²) in [7, 11) is 0. The second kappa shape index (κ2) is 7.08. The standard InChI is InChI=1S/C17H23N5O3/c1-11(2)8-18-17(25)13-9-19-22-14(7-15(24)20-16(13)22)12-3-5-21(10-23)6-4-12/h7,9-12H,3-6,8H2,1-2H3,(H,18,25)(H,20,24). The number of carbonyl (C=O) groups excluding carboxylic acids is 2. The minimum atomic E-state index is -0.251. The molecule has 0 radical (unpaired) electrons. The van der Waals surface area contributed by atoms with Gasteiger partial charge in [-0.25, -0.2) is 4.52 Å². The van der Waals surface area contributed by atoms with Gasteiger partial charge in [0.05, 0.1) is 11.9 Å². The molecule has 2 amide bonds. The third kappa shape index (κ3) is 3.57. The Morgan fingerprint density at radius 3 is 2.80 bits per heavy atom. The Bertz CT molecular complexity index is 830. The van der Waals surface area contributed by atoms with Crippen molar-refractivity contribution in [1.82, 2.24) is 24.8 Å². The maximum Gasteiger partial charge on any atom is 0.256 e. The number of aromatic amines is 1. The molecule has 1 fully saturated rings. The Morgan fingerprint density at radius 2 is 2.16 bits per heavy atom. The van der Waals surface area contributed by atoms with Crippen LogP contribution in [0.15, 0.2) is 17.1 Å². The summed E-state index contributed by atoms with van der Waals surface area (Å²) in [5, 5.41) is 7.17. The average molecular weight is 345 g/mol. The summed E-state index contributed by atoms with van der Waals surface area (Å²) in [5.74, 6) is 0.225. The van der Waals surface area contributed by atoms with Crippen LogP contribution in [0, 0.1) is 5.92 Å². The lowest BCUT2D eigenvalue weighted by molar-refractivity contribution is -0.119. The average Bonchev–Trinajstić information content (AvgIpc) is 3.02. The van der Waals surface area contributed by atoms with E-state index < -0.39 is 0 Å². The first-order valence-corrected chi connectivity index (χ1v) is 8.58. The van der Waals surface area contributed by atoms with E-state index in [0.717, 1.165) is 24.9 Å². The summed E-state index contributed by atoms with van der Waals surface area (Å²) < 4.78 is 1.65. The normalized spacial score (nSPS) is 15.7. The van der Waals surface area contributed by atoms with Crippen LogP contribution >= 0.6 is 0 Å². The predicted molar refractivity (Wildman–Crippen MR) is 92.6 cm³/mol. The third-order valence-corrected chi connectivity index (χ3v) is 4.55. The Hall–Kier alpha value is -2.64. The van der Waals surface area contributed by atoms with E-state index in [1.54, 1.807) is 9.42 Å². The number of carbonyl (C=O) groups is 2. The SMILES string of the molecule is CC(C)CNC(=O)c1cnn2c(C3CCN(C=O)CC3)cc(=O)[nH]c12. The van der Waals surface area contributed by atoms with Gasteiger partial charge in [-0.15, -0.1) is 0 Å². The number of H-pyrrole nitrogens is 1. The summed E-state index contributed by atoms with van der Waals surface area (Å²) in [6.07, 6.45) is 3.89. The molecule has 2 N–H and O–H groups in total. The maximum atomic E-state index is 12.4. The summed E-state index contributed by atoms with van der Waals surface area (Å²) in [6.45, 7) is 5.91. The van der Waals surface area contributed by atoms with Crippen LogP contribution < -0.4 is 10.9 Å². The van der Waals surface area contributed by atoms with Crippen molar-refractivity contribution in [2.75, 3.05) is 19.6 Å². The molecule has 2 aromatic rings. The van der Waals surface area contributed by atoms with Gasteiger partial charge in [0, 0.05) is 31.6 Å². The Balaban J connectivity index is 1.92. The van der Waals surface area contributed by atoms with Crippen molar-refractivity contribution in [3.8, 4) is 0 Å². The van der Waals surface area contributed by atoms with Gasteiger partial charge in [-0.1, -0.05) is 13.8 Å². The maximum absolute atomic E-state index is 12.4. The molecule has 2 aromatic heterocycles. The van der Waals surface area contributed by atoms with E-state index in [0.29, 0.717) is 36.8 Å². The van der Waals surface area contributed by atoms with E-state index in [2.05, 4.69) is 15.4 Å². The molecule has 1 saturated heterocycles. The van der Waals surface area contributed by atoms with Crippen molar-refractivity contribution in [3.05, 3.63) is 33.9 Å². The zero-order valence-electron chi connectivity index (χ0n) is 14.5. The molecule has 0 aromatic carbocycles. The fraction of sp³-hybridized carbons (Fsp3) is 0.529. The molecule has 1 aliphatic rings. The molecule has 3 rings (SSSR count). The van der Waals surface area contributed by atoms with Gasteiger partial charge in [-0.05, 0) is 18.8 Å². The van der Waals surface area contributed by atoms with Crippen molar-refractivity contribution in [1.29, 1.82) is 0 Å². The molecule has 0 saturated carbocycles. The molecule has 0 atom stereocenters. The molecule has 1 aliphatic heterocycles. The van der Waals surface area contributed by atoms with Gasteiger partial charge in [-0.3, -0.25) is 14.4 Å². The first-order valence-electron chi connectivity index (χ1n) is 8.58. The van der Waals surface area contributed by atoms with Gasteiger partial charge in [0.1, 0.15) is 11.2 Å². The molecule has 8 nitrogen and oxygen atoms in total. The molecule has 0 unspecified atom stereocenters. The van der Waals surface area contributed by atoms with E-state index in [4.69, 9.17) is 0 Å². The quantitative estimate of drug-likeness (QED) is 0.781. The molecule has 0 spiro atoms. The molecule has 3 heterocycles. The van der Waals surface area contributed by atoms with E-state index in [-0.39, 0.29) is 17.4 Å². The number of piperidine rings is 1. The van der Waals surface area contributed by atoms with E-state index in [1.165, 1.54) is 12.3 Å². The second-order valence-corrected chi connectivity index (χ2v) is 6.90. The smallest absolute Gasteiger partial charge is 0.256 e. The lowest BCUT2D eigenvalue weighted by Crippen LogP contribution is -2.32. The number of aromatic nitrogens is 3. The number of hydrogen-bond acceptors (Lipinski definition) is 4. The van der Waals surface area contributed by atoms with Crippen molar-refractivity contribution in [2.45, 2.75) is 32.6 Å². The number of likely N-dealkylation sites (tertiary alicyclic amines) is 1. The highest BCUT2D eigenvalue weighted by Crippen LogP contribution is 2.27. The summed E-state index contributed by atoms with van der Waals surface area (Å²) >= 11 is 0. The number of rotatable bonds is 5. The van der Waals surface area contributed by atoms with Gasteiger partial charge in [0.15, 0.2) is 0 Å². The van der Waals surface area contributed by atoms with Crippen molar-refractivity contribution in [3.63, 3.8) is 0 Å². The summed E-state index contributed by atoms with van der Waals surface area (Å²) in [4.78, 5) is 39.8. The zero-order valence-corrected chi connectivity index (χ0v) is 14.5. The highest BCUT2D eigenvalue weighted by atomic mass is 16.2. The fourth-order valence-electron chi connectivity index (χ4n) is 3.16.